The van der Waals surface area contributed by atoms with Crippen LogP contribution in [0.2, 0.25) is 0 Å². The number of rotatable bonds is 8. The minimum Gasteiger partial charge on any atom is -0.456 e. The maximum atomic E-state index is 14.9. The SMILES string of the molecule is C.CC1(C)OB(c2ccc3c(c2)oc2cc4c(cc23)-c2ccccc2C42c3ccccc3-c3ccccc32)OC1(C)C.O=P(c1ccccc1)(c1ccccc1)c1ccc(-c2ccc3c(c2)oc2cc4c(cc23)-c2ccccc2C42c3ccccc3-c3ccccc32)cc1.O=P(c1ccccc1)(c1ccccc1)c1ccc(Br)cc1. The quantitative estimate of drug-likeness (QED) is 0.111. The monoisotopic (exact) mass is 1590 g/mol. The van der Waals surface area contributed by atoms with Crippen molar-refractivity contribution in [3.8, 4) is 55.6 Å². The van der Waals surface area contributed by atoms with Crippen molar-refractivity contribution in [3.63, 3.8) is 0 Å². The molecule has 1 fully saturated rings. The van der Waals surface area contributed by atoms with Crippen LogP contribution in [0.5, 0.6) is 0 Å². The van der Waals surface area contributed by atoms with Gasteiger partial charge >= 0.3 is 7.12 Å². The Morgan fingerprint density at radius 2 is 0.539 bits per heavy atom. The molecule has 1 saturated heterocycles. The van der Waals surface area contributed by atoms with Crippen LogP contribution in [0.4, 0.5) is 0 Å². The van der Waals surface area contributed by atoms with Crippen LogP contribution in [0.1, 0.15) is 79.6 Å². The van der Waals surface area contributed by atoms with Crippen molar-refractivity contribution >= 4 is 118 Å². The summed E-state index contributed by atoms with van der Waals surface area (Å²) in [6.07, 6.45) is 0. The lowest BCUT2D eigenvalue weighted by molar-refractivity contribution is 0.00578. The van der Waals surface area contributed by atoms with Crippen molar-refractivity contribution in [2.75, 3.05) is 0 Å². The van der Waals surface area contributed by atoms with Gasteiger partial charge in [-0.15, -0.1) is 0 Å². The van der Waals surface area contributed by atoms with Gasteiger partial charge in [-0.25, -0.2) is 0 Å². The Kier molecular flexibility index (Phi) is 17.2. The van der Waals surface area contributed by atoms with E-state index >= 15 is 0 Å². The summed E-state index contributed by atoms with van der Waals surface area (Å²) in [7, 11) is -6.29. The summed E-state index contributed by atoms with van der Waals surface area (Å²) in [5.41, 5.74) is 25.9. The lowest BCUT2D eigenvalue weighted by atomic mass is 9.70. The molecule has 10 heteroatoms. The molecule has 0 saturated carbocycles. The van der Waals surface area contributed by atoms with Gasteiger partial charge < -0.3 is 27.3 Å². The van der Waals surface area contributed by atoms with Crippen molar-refractivity contribution in [2.24, 2.45) is 0 Å². The second-order valence-electron chi connectivity index (χ2n) is 31.4. The van der Waals surface area contributed by atoms with Crippen LogP contribution in [0.3, 0.4) is 0 Å². The van der Waals surface area contributed by atoms with Crippen LogP contribution in [-0.4, -0.2) is 18.3 Å². The van der Waals surface area contributed by atoms with Crippen LogP contribution in [-0.2, 0) is 29.3 Å². The predicted molar refractivity (Wildman–Crippen MR) is 481 cm³/mol. The van der Waals surface area contributed by atoms with Crippen molar-refractivity contribution < 1.29 is 27.3 Å². The fourth-order valence-electron chi connectivity index (χ4n) is 19.0. The summed E-state index contributed by atoms with van der Waals surface area (Å²) in [6, 6.07) is 131. The molecule has 0 atom stereocenters. The Labute approximate surface area is 678 Å². The topological polar surface area (TPSA) is 78.9 Å². The van der Waals surface area contributed by atoms with E-state index in [2.05, 4.69) is 262 Å². The molecule has 2 spiro atoms. The lowest BCUT2D eigenvalue weighted by Gasteiger charge is -2.32. The Morgan fingerprint density at radius 3 is 0.896 bits per heavy atom. The van der Waals surface area contributed by atoms with Gasteiger partial charge in [0.2, 0.25) is 0 Å². The molecule has 18 aromatic rings. The maximum Gasteiger partial charge on any atom is 0.494 e. The summed E-state index contributed by atoms with van der Waals surface area (Å²) in [6.45, 7) is 8.34. The molecular formula is C105H78BBrO6P2. The number of fused-ring (bicyclic) bond motifs is 26. The van der Waals surface area contributed by atoms with Crippen LogP contribution in [0.15, 0.2) is 389 Å². The third-order valence-electron chi connectivity index (χ3n) is 25.0. The average Bonchev–Trinajstić information content (AvgIpc) is 1.51. The molecule has 0 unspecified atom stereocenters. The molecule has 16 aromatic carbocycles. The minimum absolute atomic E-state index is 0. The zero-order valence-corrected chi connectivity index (χ0v) is 66.5. The summed E-state index contributed by atoms with van der Waals surface area (Å²) in [5.74, 6) is 0. The molecule has 1 aliphatic heterocycles. The first-order valence-electron chi connectivity index (χ1n) is 38.9. The molecular weight excluding hydrogens is 1510 g/mol. The van der Waals surface area contributed by atoms with Gasteiger partial charge in [-0.05, 0) is 200 Å². The van der Waals surface area contributed by atoms with Gasteiger partial charge in [0, 0.05) is 57.8 Å². The fourth-order valence-corrected chi connectivity index (χ4v) is 24.6. The standard InChI is InChI=1S/C49H31O2P.C37H29BO3.C18H14BrOP.CH4/c50-52(34-13-3-1-4-14-34,35-15-5-2-6-16-35)36-26-23-32(24-27-36)33-25-28-40-42-30-41-39-19-9-12-22-45(39)49(46(41)31-48(42)51-47(40)29-33)43-20-10-7-17-37(43)38-18-8-11-21-44(38)49;1-35(2)36(3,4)41-38(40-35)22-17-18-26-28-20-27-25-13-7-10-16-31(25)37(32(27)21-34(28)39-33(26)19-22)29-14-8-5-11-23(29)24-12-6-9-15-30(24)37;19-15-11-13-18(14-12-15)21(20,16-7-3-1-4-8-16)17-9-5-2-6-10-17;/h1-31H;5-21H,1-4H3;1-14H;1H4. The first-order chi connectivity index (χ1) is 55.7. The Morgan fingerprint density at radius 1 is 0.261 bits per heavy atom. The van der Waals surface area contributed by atoms with Gasteiger partial charge in [0.25, 0.3) is 0 Å². The maximum absolute atomic E-state index is 14.9. The van der Waals surface area contributed by atoms with Crippen LogP contribution >= 0.6 is 30.2 Å². The first-order valence-corrected chi connectivity index (χ1v) is 43.1. The van der Waals surface area contributed by atoms with Gasteiger partial charge in [0.15, 0.2) is 14.3 Å². The Hall–Kier alpha value is -12.0. The highest BCUT2D eigenvalue weighted by molar-refractivity contribution is 9.10. The zero-order valence-electron chi connectivity index (χ0n) is 63.1. The summed E-state index contributed by atoms with van der Waals surface area (Å²) >= 11 is 3.43. The van der Waals surface area contributed by atoms with Gasteiger partial charge in [0.05, 0.1) is 22.0 Å². The average molecular weight is 1590 g/mol. The van der Waals surface area contributed by atoms with E-state index in [1.807, 2.05) is 158 Å². The molecule has 3 heterocycles. The Bertz CT molecular complexity index is 6820. The van der Waals surface area contributed by atoms with E-state index in [9.17, 15) is 9.13 Å². The molecule has 554 valence electrons. The molecule has 0 bridgehead atoms. The van der Waals surface area contributed by atoms with E-state index in [-0.39, 0.29) is 12.8 Å². The first kappa shape index (κ1) is 72.0. The lowest BCUT2D eigenvalue weighted by Crippen LogP contribution is -2.41. The molecule has 115 heavy (non-hydrogen) atoms. The normalized spacial score (nSPS) is 14.8. The van der Waals surface area contributed by atoms with E-state index in [0.29, 0.717) is 0 Å². The van der Waals surface area contributed by atoms with Crippen molar-refractivity contribution in [3.05, 3.63) is 425 Å². The minimum atomic E-state index is -3.05. The second kappa shape index (κ2) is 27.4. The number of furan rings is 2. The summed E-state index contributed by atoms with van der Waals surface area (Å²) in [4.78, 5) is 0. The summed E-state index contributed by atoms with van der Waals surface area (Å²) < 4.78 is 55.9. The van der Waals surface area contributed by atoms with Gasteiger partial charge in [-0.2, -0.15) is 0 Å². The summed E-state index contributed by atoms with van der Waals surface area (Å²) in [5, 5.41) is 9.50. The van der Waals surface area contributed by atoms with E-state index in [1.165, 1.54) is 89.0 Å². The fraction of sp³-hybridized carbons (Fsp3) is 0.0857. The second-order valence-corrected chi connectivity index (χ2v) is 37.9. The number of benzene rings is 16. The van der Waals surface area contributed by atoms with Crippen molar-refractivity contribution in [1.29, 1.82) is 0 Å². The van der Waals surface area contributed by atoms with Crippen LogP contribution in [0.25, 0.3) is 99.5 Å². The highest BCUT2D eigenvalue weighted by Gasteiger charge is 2.55. The molecule has 0 amide bonds. The number of hydrogen-bond donors (Lipinski definition) is 0. The molecule has 2 aromatic heterocycles. The number of halogens is 1. The van der Waals surface area contributed by atoms with Crippen LogP contribution in [0, 0.1) is 0 Å². The molecule has 0 N–H and O–H groups in total. The van der Waals surface area contributed by atoms with E-state index in [4.69, 9.17) is 18.1 Å². The largest absolute Gasteiger partial charge is 0.494 e. The van der Waals surface area contributed by atoms with Gasteiger partial charge in [-0.3, -0.25) is 0 Å². The molecule has 23 rings (SSSR count). The highest BCUT2D eigenvalue weighted by atomic mass is 79.9. The van der Waals surface area contributed by atoms with Crippen LogP contribution < -0.4 is 37.3 Å². The zero-order chi connectivity index (χ0) is 76.9. The van der Waals surface area contributed by atoms with Gasteiger partial charge in [-0.1, -0.05) is 333 Å². The van der Waals surface area contributed by atoms with Crippen molar-refractivity contribution in [1.82, 2.24) is 0 Å². The third-order valence-corrected chi connectivity index (χ3v) is 31.6. The molecule has 5 aliphatic rings. The highest BCUT2D eigenvalue weighted by Crippen LogP contribution is 2.66. The molecule has 6 nitrogen and oxygen atoms in total. The smallest absolute Gasteiger partial charge is 0.456 e. The van der Waals surface area contributed by atoms with Crippen molar-refractivity contribution in [2.45, 2.75) is 57.2 Å². The number of hydrogen-bond acceptors (Lipinski definition) is 6. The van der Waals surface area contributed by atoms with E-state index < -0.39 is 38.0 Å². The van der Waals surface area contributed by atoms with E-state index in [1.54, 1.807) is 0 Å². The Balaban J connectivity index is 0.000000121. The third kappa shape index (κ3) is 10.8. The predicted octanol–water partition coefficient (Wildman–Crippen LogP) is 24.2. The van der Waals surface area contributed by atoms with Gasteiger partial charge in [0.1, 0.15) is 22.3 Å². The molecule has 0 radical (unpaired) electrons. The van der Waals surface area contributed by atoms with E-state index in [0.717, 1.165) is 96.8 Å². The molecule has 4 aliphatic carbocycles.